The number of likely N-dealkylation sites (tertiary alicyclic amines) is 1. The second kappa shape index (κ2) is 5.05. The van der Waals surface area contributed by atoms with Crippen LogP contribution in [0.15, 0.2) is 0 Å². The molecule has 16 heavy (non-hydrogen) atoms. The van der Waals surface area contributed by atoms with Gasteiger partial charge in [0.25, 0.3) is 0 Å². The summed E-state index contributed by atoms with van der Waals surface area (Å²) in [6.07, 6.45) is 5.72. The molecule has 2 aliphatic rings. The summed E-state index contributed by atoms with van der Waals surface area (Å²) in [7, 11) is 2.11. The Hall–Kier alpha value is -0.0800. The molecule has 2 fully saturated rings. The maximum absolute atomic E-state index is 3.47. The predicted octanol–water partition coefficient (Wildman–Crippen LogP) is 2.49. The minimum absolute atomic E-state index is 0.722. The standard InChI is InChI=1S/C14H28N2/c1-10(9-13-5-6-13)16-8-7-14(15-4)11(2)12(16)3/h10-15H,5-9H2,1-4H3. The molecule has 1 saturated heterocycles. The third-order valence-corrected chi connectivity index (χ3v) is 4.93. The summed E-state index contributed by atoms with van der Waals surface area (Å²) < 4.78 is 0. The lowest BCUT2D eigenvalue weighted by Crippen LogP contribution is -2.55. The molecule has 2 heteroatoms. The van der Waals surface area contributed by atoms with Crippen molar-refractivity contribution in [3.05, 3.63) is 0 Å². The van der Waals surface area contributed by atoms with Crippen LogP contribution in [0.5, 0.6) is 0 Å². The molecule has 1 aliphatic carbocycles. The van der Waals surface area contributed by atoms with E-state index in [0.717, 1.165) is 30.0 Å². The number of hydrogen-bond acceptors (Lipinski definition) is 2. The van der Waals surface area contributed by atoms with E-state index in [0.29, 0.717) is 0 Å². The molecule has 2 nitrogen and oxygen atoms in total. The van der Waals surface area contributed by atoms with Gasteiger partial charge < -0.3 is 5.32 Å². The van der Waals surface area contributed by atoms with Crippen molar-refractivity contribution >= 4 is 0 Å². The quantitative estimate of drug-likeness (QED) is 0.789. The fourth-order valence-corrected chi connectivity index (χ4v) is 3.39. The highest BCUT2D eigenvalue weighted by atomic mass is 15.2. The van der Waals surface area contributed by atoms with E-state index in [1.54, 1.807) is 0 Å². The van der Waals surface area contributed by atoms with E-state index in [9.17, 15) is 0 Å². The molecule has 0 aromatic heterocycles. The van der Waals surface area contributed by atoms with Crippen LogP contribution in [-0.2, 0) is 0 Å². The molecule has 1 N–H and O–H groups in total. The molecule has 94 valence electrons. The monoisotopic (exact) mass is 224 g/mol. The van der Waals surface area contributed by atoms with E-state index in [-0.39, 0.29) is 0 Å². The number of nitrogens with zero attached hydrogens (tertiary/aromatic N) is 1. The smallest absolute Gasteiger partial charge is 0.0117 e. The molecular formula is C14H28N2. The summed E-state index contributed by atoms with van der Waals surface area (Å²) in [5, 5.41) is 3.47. The van der Waals surface area contributed by atoms with Crippen LogP contribution in [0.1, 0.15) is 46.5 Å². The lowest BCUT2D eigenvalue weighted by Gasteiger charge is -2.45. The lowest BCUT2D eigenvalue weighted by molar-refractivity contribution is 0.0498. The van der Waals surface area contributed by atoms with Gasteiger partial charge in [0.1, 0.15) is 0 Å². The fraction of sp³-hybridized carbons (Fsp3) is 1.00. The highest BCUT2D eigenvalue weighted by molar-refractivity contribution is 4.91. The van der Waals surface area contributed by atoms with Crippen LogP contribution in [0.25, 0.3) is 0 Å². The summed E-state index contributed by atoms with van der Waals surface area (Å²) in [4.78, 5) is 2.75. The zero-order valence-corrected chi connectivity index (χ0v) is 11.4. The zero-order valence-electron chi connectivity index (χ0n) is 11.4. The normalized spacial score (nSPS) is 38.6. The second-order valence-corrected chi connectivity index (χ2v) is 6.05. The molecule has 0 aromatic carbocycles. The third kappa shape index (κ3) is 2.60. The van der Waals surface area contributed by atoms with Crippen LogP contribution in [0, 0.1) is 11.8 Å². The molecule has 4 unspecified atom stereocenters. The zero-order chi connectivity index (χ0) is 11.7. The van der Waals surface area contributed by atoms with Crippen molar-refractivity contribution in [2.75, 3.05) is 13.6 Å². The first-order valence-corrected chi connectivity index (χ1v) is 7.06. The van der Waals surface area contributed by atoms with Crippen molar-refractivity contribution in [2.45, 2.75) is 64.6 Å². The topological polar surface area (TPSA) is 15.3 Å². The van der Waals surface area contributed by atoms with Crippen molar-refractivity contribution in [2.24, 2.45) is 11.8 Å². The van der Waals surface area contributed by atoms with Gasteiger partial charge in [0.15, 0.2) is 0 Å². The Morgan fingerprint density at radius 2 is 1.94 bits per heavy atom. The van der Waals surface area contributed by atoms with Crippen LogP contribution in [-0.4, -0.2) is 36.6 Å². The van der Waals surface area contributed by atoms with E-state index >= 15 is 0 Å². The molecule has 1 aliphatic heterocycles. The molecule has 0 amide bonds. The summed E-state index contributed by atoms with van der Waals surface area (Å²) >= 11 is 0. The molecule has 4 atom stereocenters. The molecule has 2 rings (SSSR count). The minimum atomic E-state index is 0.722. The third-order valence-electron chi connectivity index (χ3n) is 4.93. The van der Waals surface area contributed by atoms with Gasteiger partial charge in [-0.3, -0.25) is 4.90 Å². The molecule has 0 bridgehead atoms. The summed E-state index contributed by atoms with van der Waals surface area (Å²) in [5.74, 6) is 1.83. The number of nitrogens with one attached hydrogen (secondary N) is 1. The Kier molecular flexibility index (Phi) is 3.91. The number of piperidine rings is 1. The first kappa shape index (κ1) is 12.4. The largest absolute Gasteiger partial charge is 0.317 e. The van der Waals surface area contributed by atoms with Gasteiger partial charge in [-0.1, -0.05) is 19.8 Å². The first-order chi connectivity index (χ1) is 7.63. The van der Waals surface area contributed by atoms with E-state index in [2.05, 4.69) is 38.0 Å². The Labute approximate surface area is 101 Å². The van der Waals surface area contributed by atoms with Gasteiger partial charge >= 0.3 is 0 Å². The van der Waals surface area contributed by atoms with Crippen LogP contribution < -0.4 is 5.32 Å². The maximum Gasteiger partial charge on any atom is 0.0117 e. The molecular weight excluding hydrogens is 196 g/mol. The van der Waals surface area contributed by atoms with Gasteiger partial charge in [0.2, 0.25) is 0 Å². The van der Waals surface area contributed by atoms with Gasteiger partial charge in [-0.2, -0.15) is 0 Å². The minimum Gasteiger partial charge on any atom is -0.317 e. The van der Waals surface area contributed by atoms with Crippen molar-refractivity contribution < 1.29 is 0 Å². The summed E-state index contributed by atoms with van der Waals surface area (Å²) in [6.45, 7) is 8.53. The average Bonchev–Trinajstić information content (AvgIpc) is 3.05. The van der Waals surface area contributed by atoms with Gasteiger partial charge in [-0.25, -0.2) is 0 Å². The predicted molar refractivity (Wildman–Crippen MR) is 69.6 cm³/mol. The molecule has 1 saturated carbocycles. The second-order valence-electron chi connectivity index (χ2n) is 6.05. The van der Waals surface area contributed by atoms with E-state index < -0.39 is 0 Å². The van der Waals surface area contributed by atoms with E-state index in [1.165, 1.54) is 32.2 Å². The van der Waals surface area contributed by atoms with Crippen molar-refractivity contribution in [3.8, 4) is 0 Å². The number of rotatable bonds is 4. The molecule has 0 radical (unpaired) electrons. The van der Waals surface area contributed by atoms with Gasteiger partial charge in [0.05, 0.1) is 0 Å². The number of hydrogen-bond donors (Lipinski definition) is 1. The van der Waals surface area contributed by atoms with Crippen LogP contribution in [0.4, 0.5) is 0 Å². The molecule has 0 aromatic rings. The lowest BCUT2D eigenvalue weighted by atomic mass is 9.86. The Balaban J connectivity index is 1.89. The van der Waals surface area contributed by atoms with Crippen molar-refractivity contribution in [1.82, 2.24) is 10.2 Å². The van der Waals surface area contributed by atoms with Crippen LogP contribution in [0.2, 0.25) is 0 Å². The van der Waals surface area contributed by atoms with Crippen molar-refractivity contribution in [1.29, 1.82) is 0 Å². The first-order valence-electron chi connectivity index (χ1n) is 7.06. The maximum atomic E-state index is 3.47. The van der Waals surface area contributed by atoms with Gasteiger partial charge in [-0.05, 0) is 45.6 Å². The highest BCUT2D eigenvalue weighted by Gasteiger charge is 2.35. The average molecular weight is 224 g/mol. The summed E-state index contributed by atoms with van der Waals surface area (Å²) in [6, 6.07) is 2.25. The van der Waals surface area contributed by atoms with Crippen LogP contribution in [0.3, 0.4) is 0 Å². The fourth-order valence-electron chi connectivity index (χ4n) is 3.39. The van der Waals surface area contributed by atoms with Gasteiger partial charge in [0, 0.05) is 24.7 Å². The Morgan fingerprint density at radius 3 is 2.50 bits per heavy atom. The Morgan fingerprint density at radius 1 is 1.25 bits per heavy atom. The Bertz CT molecular complexity index is 225. The molecule has 1 heterocycles. The van der Waals surface area contributed by atoms with Gasteiger partial charge in [-0.15, -0.1) is 0 Å². The highest BCUT2D eigenvalue weighted by Crippen LogP contribution is 2.36. The van der Waals surface area contributed by atoms with E-state index in [1.807, 2.05) is 0 Å². The summed E-state index contributed by atoms with van der Waals surface area (Å²) in [5.41, 5.74) is 0. The SMILES string of the molecule is CNC1CCN(C(C)CC2CC2)C(C)C1C. The molecule has 0 spiro atoms. The van der Waals surface area contributed by atoms with Crippen molar-refractivity contribution in [3.63, 3.8) is 0 Å². The van der Waals surface area contributed by atoms with Crippen LogP contribution >= 0.6 is 0 Å². The van der Waals surface area contributed by atoms with E-state index in [4.69, 9.17) is 0 Å².